The van der Waals surface area contributed by atoms with Crippen LogP contribution in [0, 0.1) is 0 Å². The van der Waals surface area contributed by atoms with E-state index in [2.05, 4.69) is 42.0 Å². The highest BCUT2D eigenvalue weighted by molar-refractivity contribution is 5.47. The van der Waals surface area contributed by atoms with Gasteiger partial charge in [-0.1, -0.05) is 32.0 Å². The van der Waals surface area contributed by atoms with Gasteiger partial charge in [-0.15, -0.1) is 0 Å². The highest BCUT2D eigenvalue weighted by Gasteiger charge is 2.22. The van der Waals surface area contributed by atoms with Crippen LogP contribution in [0.15, 0.2) is 22.9 Å². The number of aromatic nitrogens is 3. The molecular formula is C16H21N3O2. The van der Waals surface area contributed by atoms with Gasteiger partial charge in [-0.05, 0) is 29.9 Å². The first kappa shape index (κ1) is 14.2. The molecule has 3 heterocycles. The van der Waals surface area contributed by atoms with Gasteiger partial charge < -0.3 is 9.26 Å². The van der Waals surface area contributed by atoms with Gasteiger partial charge in [0.15, 0.2) is 5.82 Å². The van der Waals surface area contributed by atoms with E-state index in [1.54, 1.807) is 0 Å². The molecule has 3 rings (SSSR count). The number of rotatable bonds is 2. The summed E-state index contributed by atoms with van der Waals surface area (Å²) in [5, 5.41) is 4.11. The molecule has 21 heavy (non-hydrogen) atoms. The van der Waals surface area contributed by atoms with Crippen LogP contribution in [0.3, 0.4) is 0 Å². The van der Waals surface area contributed by atoms with Gasteiger partial charge in [0.05, 0.1) is 0 Å². The summed E-state index contributed by atoms with van der Waals surface area (Å²) in [5.74, 6) is 1.61. The van der Waals surface area contributed by atoms with E-state index in [9.17, 15) is 0 Å². The number of nitrogens with zero attached hydrogens (tertiary/aromatic N) is 3. The zero-order chi connectivity index (χ0) is 14.9. The lowest BCUT2D eigenvalue weighted by Crippen LogP contribution is -2.15. The maximum Gasteiger partial charge on any atom is 0.276 e. The molecule has 0 N–H and O–H groups in total. The second kappa shape index (κ2) is 5.56. The average Bonchev–Trinajstić information content (AvgIpc) is 2.97. The molecule has 5 nitrogen and oxygen atoms in total. The molecule has 0 aliphatic carbocycles. The smallest absolute Gasteiger partial charge is 0.276 e. The Bertz CT molecular complexity index is 593. The Hall–Kier alpha value is -1.75. The quantitative estimate of drug-likeness (QED) is 0.848. The van der Waals surface area contributed by atoms with Crippen LogP contribution in [0.25, 0.3) is 11.6 Å². The van der Waals surface area contributed by atoms with E-state index in [1.807, 2.05) is 12.3 Å². The van der Waals surface area contributed by atoms with E-state index in [0.29, 0.717) is 11.8 Å². The van der Waals surface area contributed by atoms with E-state index in [-0.39, 0.29) is 5.41 Å². The van der Waals surface area contributed by atoms with E-state index in [4.69, 9.17) is 9.26 Å². The fourth-order valence-electron chi connectivity index (χ4n) is 2.42. The van der Waals surface area contributed by atoms with Gasteiger partial charge in [0, 0.05) is 25.3 Å². The van der Waals surface area contributed by atoms with Crippen LogP contribution in [0.2, 0.25) is 0 Å². The average molecular weight is 287 g/mol. The van der Waals surface area contributed by atoms with Crippen LogP contribution in [0.4, 0.5) is 0 Å². The van der Waals surface area contributed by atoms with E-state index < -0.39 is 0 Å². The van der Waals surface area contributed by atoms with Crippen molar-refractivity contribution < 1.29 is 9.26 Å². The van der Waals surface area contributed by atoms with E-state index in [0.717, 1.165) is 37.6 Å². The zero-order valence-electron chi connectivity index (χ0n) is 12.8. The molecular weight excluding hydrogens is 266 g/mol. The van der Waals surface area contributed by atoms with Crippen molar-refractivity contribution in [2.24, 2.45) is 0 Å². The van der Waals surface area contributed by atoms with Crippen molar-refractivity contribution >= 4 is 0 Å². The first-order valence-electron chi connectivity index (χ1n) is 7.42. The minimum absolute atomic E-state index is 0.0909. The highest BCUT2D eigenvalue weighted by atomic mass is 16.5. The predicted molar refractivity (Wildman–Crippen MR) is 79.0 cm³/mol. The summed E-state index contributed by atoms with van der Waals surface area (Å²) in [6.07, 6.45) is 3.79. The molecule has 1 aliphatic heterocycles. The fraction of sp³-hybridized carbons (Fsp3) is 0.562. The van der Waals surface area contributed by atoms with Gasteiger partial charge >= 0.3 is 0 Å². The summed E-state index contributed by atoms with van der Waals surface area (Å²) in [6, 6.07) is 4.02. The minimum atomic E-state index is 0.0909. The van der Waals surface area contributed by atoms with Crippen molar-refractivity contribution in [3.8, 4) is 11.6 Å². The third-order valence-electron chi connectivity index (χ3n) is 3.88. The summed E-state index contributed by atoms with van der Waals surface area (Å²) in [6.45, 7) is 8.04. The molecule has 0 atom stereocenters. The van der Waals surface area contributed by atoms with E-state index in [1.165, 1.54) is 5.56 Å². The molecule has 1 fully saturated rings. The standard InChI is InChI=1S/C16H21N3O2/c1-16(2,3)12-4-5-13(17-10-12)15-18-14(19-21-15)11-6-8-20-9-7-11/h4-5,10-11H,6-9H2,1-3H3. The second-order valence-electron chi connectivity index (χ2n) is 6.53. The normalized spacial score (nSPS) is 17.1. The molecule has 2 aromatic heterocycles. The Labute approximate surface area is 124 Å². The molecule has 0 aromatic carbocycles. The molecule has 1 aliphatic rings. The molecule has 0 radical (unpaired) electrons. The van der Waals surface area contributed by atoms with Crippen LogP contribution in [0.1, 0.15) is 50.9 Å². The lowest BCUT2D eigenvalue weighted by atomic mass is 9.88. The van der Waals surface area contributed by atoms with Crippen LogP contribution in [-0.4, -0.2) is 28.3 Å². The molecule has 0 amide bonds. The maximum atomic E-state index is 5.36. The van der Waals surface area contributed by atoms with Crippen molar-refractivity contribution in [2.45, 2.75) is 44.9 Å². The van der Waals surface area contributed by atoms with Gasteiger partial charge in [0.1, 0.15) is 5.69 Å². The fourth-order valence-corrected chi connectivity index (χ4v) is 2.42. The lowest BCUT2D eigenvalue weighted by molar-refractivity contribution is 0.0830. The minimum Gasteiger partial charge on any atom is -0.381 e. The van der Waals surface area contributed by atoms with Crippen LogP contribution in [-0.2, 0) is 10.2 Å². The van der Waals surface area contributed by atoms with Crippen LogP contribution >= 0.6 is 0 Å². The summed E-state index contributed by atoms with van der Waals surface area (Å²) < 4.78 is 10.7. The molecule has 112 valence electrons. The van der Waals surface area contributed by atoms with Gasteiger partial charge in [0.2, 0.25) is 0 Å². The summed E-state index contributed by atoms with van der Waals surface area (Å²) in [7, 11) is 0. The predicted octanol–water partition coefficient (Wildman–Crippen LogP) is 3.32. The van der Waals surface area contributed by atoms with Crippen molar-refractivity contribution in [1.29, 1.82) is 0 Å². The molecule has 1 saturated heterocycles. The molecule has 0 saturated carbocycles. The van der Waals surface area contributed by atoms with Crippen molar-refractivity contribution in [3.05, 3.63) is 29.7 Å². The molecule has 5 heteroatoms. The van der Waals surface area contributed by atoms with Crippen LogP contribution in [0.5, 0.6) is 0 Å². The highest BCUT2D eigenvalue weighted by Crippen LogP contribution is 2.27. The lowest BCUT2D eigenvalue weighted by Gasteiger charge is -2.18. The molecule has 0 unspecified atom stereocenters. The number of ether oxygens (including phenoxy) is 1. The van der Waals surface area contributed by atoms with Crippen molar-refractivity contribution in [2.75, 3.05) is 13.2 Å². The first-order valence-corrected chi connectivity index (χ1v) is 7.42. The second-order valence-corrected chi connectivity index (χ2v) is 6.53. The largest absolute Gasteiger partial charge is 0.381 e. The summed E-state index contributed by atoms with van der Waals surface area (Å²) >= 11 is 0. The van der Waals surface area contributed by atoms with Gasteiger partial charge in [0.25, 0.3) is 5.89 Å². The SMILES string of the molecule is CC(C)(C)c1ccc(-c2nc(C3CCOCC3)no2)nc1. The summed E-state index contributed by atoms with van der Waals surface area (Å²) in [4.78, 5) is 8.95. The van der Waals surface area contributed by atoms with Gasteiger partial charge in [-0.3, -0.25) is 4.98 Å². The maximum absolute atomic E-state index is 5.36. The first-order chi connectivity index (χ1) is 10.0. The van der Waals surface area contributed by atoms with Crippen molar-refractivity contribution in [1.82, 2.24) is 15.1 Å². The summed E-state index contributed by atoms with van der Waals surface area (Å²) in [5.41, 5.74) is 2.01. The molecule has 0 spiro atoms. The molecule has 0 bridgehead atoms. The number of hydrogen-bond acceptors (Lipinski definition) is 5. The number of pyridine rings is 1. The van der Waals surface area contributed by atoms with Crippen molar-refractivity contribution in [3.63, 3.8) is 0 Å². The third-order valence-corrected chi connectivity index (χ3v) is 3.88. The number of hydrogen-bond donors (Lipinski definition) is 0. The monoisotopic (exact) mass is 287 g/mol. The third kappa shape index (κ3) is 3.13. The Kier molecular flexibility index (Phi) is 3.76. The Morgan fingerprint density at radius 3 is 2.52 bits per heavy atom. The molecule has 2 aromatic rings. The zero-order valence-corrected chi connectivity index (χ0v) is 12.8. The Morgan fingerprint density at radius 2 is 1.90 bits per heavy atom. The van der Waals surface area contributed by atoms with Gasteiger partial charge in [-0.25, -0.2) is 0 Å². The van der Waals surface area contributed by atoms with Crippen LogP contribution < -0.4 is 0 Å². The Balaban J connectivity index is 1.79. The topological polar surface area (TPSA) is 61.0 Å². The Morgan fingerprint density at radius 1 is 1.14 bits per heavy atom. The van der Waals surface area contributed by atoms with Gasteiger partial charge in [-0.2, -0.15) is 4.98 Å². The van der Waals surface area contributed by atoms with E-state index >= 15 is 0 Å².